The number of rotatable bonds is 3. The summed E-state index contributed by atoms with van der Waals surface area (Å²) in [5.41, 5.74) is 2.76. The maximum absolute atomic E-state index is 11.5. The zero-order chi connectivity index (χ0) is 19.8. The van der Waals surface area contributed by atoms with Crippen LogP contribution in [0.1, 0.15) is 27.0 Å². The highest BCUT2D eigenvalue weighted by atomic mass is 16.5. The van der Waals surface area contributed by atoms with E-state index in [1.54, 1.807) is 18.2 Å². The number of anilines is 2. The van der Waals surface area contributed by atoms with E-state index in [1.807, 2.05) is 12.1 Å². The summed E-state index contributed by atoms with van der Waals surface area (Å²) >= 11 is 0. The van der Waals surface area contributed by atoms with Crippen molar-refractivity contribution in [2.45, 2.75) is 6.42 Å². The number of carboxylic acids is 1. The zero-order valence-corrected chi connectivity index (χ0v) is 14.4. The van der Waals surface area contributed by atoms with Crippen LogP contribution in [0.3, 0.4) is 0 Å². The highest BCUT2D eigenvalue weighted by molar-refractivity contribution is 5.99. The van der Waals surface area contributed by atoms with Crippen molar-refractivity contribution in [3.63, 3.8) is 0 Å². The second kappa shape index (κ2) is 6.52. The predicted octanol–water partition coefficient (Wildman–Crippen LogP) is 4.11. The van der Waals surface area contributed by atoms with E-state index in [-0.39, 0.29) is 28.4 Å². The van der Waals surface area contributed by atoms with Crippen LogP contribution in [0, 0.1) is 11.3 Å². The lowest BCUT2D eigenvalue weighted by Gasteiger charge is -2.24. The molecule has 0 aliphatic carbocycles. The summed E-state index contributed by atoms with van der Waals surface area (Å²) in [6.07, 6.45) is 0.496. The highest BCUT2D eigenvalue weighted by Crippen LogP contribution is 2.44. The van der Waals surface area contributed by atoms with Gasteiger partial charge in [-0.3, -0.25) is 0 Å². The number of carbonyl (C=O) groups is 1. The first-order valence-corrected chi connectivity index (χ1v) is 8.34. The lowest BCUT2D eigenvalue weighted by Crippen LogP contribution is -2.10. The standard InChI is InChI=1S/C21H14N2O5/c22-10-13-6-14(21(26)27)20-19(9-13)28-18-8-12(1-3-15(18)23-20)5-11-2-4-16(24)17(25)7-11/h1-4,6-9,23-25H,5H2,(H,26,27). The highest BCUT2D eigenvalue weighted by Gasteiger charge is 2.24. The van der Waals surface area contributed by atoms with Crippen LogP contribution in [0.2, 0.25) is 0 Å². The van der Waals surface area contributed by atoms with Crippen molar-refractivity contribution in [1.29, 1.82) is 5.26 Å². The lowest BCUT2D eigenvalue weighted by atomic mass is 10.0. The number of aromatic carboxylic acids is 1. The van der Waals surface area contributed by atoms with E-state index in [1.165, 1.54) is 24.3 Å². The van der Waals surface area contributed by atoms with Gasteiger partial charge in [-0.05, 0) is 47.9 Å². The van der Waals surface area contributed by atoms with Gasteiger partial charge in [0.2, 0.25) is 0 Å². The normalized spacial score (nSPS) is 11.4. The Labute approximate surface area is 159 Å². The number of aromatic hydroxyl groups is 2. The van der Waals surface area contributed by atoms with Crippen LogP contribution in [0.15, 0.2) is 48.5 Å². The molecule has 3 aromatic rings. The first-order valence-electron chi connectivity index (χ1n) is 8.34. The summed E-state index contributed by atoms with van der Waals surface area (Å²) in [5.74, 6) is -0.757. The van der Waals surface area contributed by atoms with Crippen LogP contribution in [-0.2, 0) is 6.42 Å². The molecule has 0 fully saturated rings. The Kier molecular flexibility index (Phi) is 4.02. The van der Waals surface area contributed by atoms with Gasteiger partial charge >= 0.3 is 5.97 Å². The summed E-state index contributed by atoms with van der Waals surface area (Å²) in [4.78, 5) is 11.5. The van der Waals surface area contributed by atoms with Crippen LogP contribution in [0.4, 0.5) is 11.4 Å². The summed E-state index contributed by atoms with van der Waals surface area (Å²) in [6, 6.07) is 14.8. The Bertz CT molecular complexity index is 1160. The van der Waals surface area contributed by atoms with Gasteiger partial charge in [-0.1, -0.05) is 12.1 Å². The molecule has 4 rings (SSSR count). The van der Waals surface area contributed by atoms with Crippen molar-refractivity contribution in [3.8, 4) is 29.1 Å². The number of fused-ring (bicyclic) bond motifs is 2. The van der Waals surface area contributed by atoms with E-state index in [0.717, 1.165) is 11.1 Å². The van der Waals surface area contributed by atoms with Crippen LogP contribution in [0.5, 0.6) is 23.0 Å². The van der Waals surface area contributed by atoms with Gasteiger partial charge < -0.3 is 25.4 Å². The topological polar surface area (TPSA) is 123 Å². The summed E-state index contributed by atoms with van der Waals surface area (Å²) in [5, 5.41) is 40.7. The van der Waals surface area contributed by atoms with E-state index in [2.05, 4.69) is 5.32 Å². The molecule has 0 saturated heterocycles. The summed E-state index contributed by atoms with van der Waals surface area (Å²) in [7, 11) is 0. The van der Waals surface area contributed by atoms with Gasteiger partial charge in [-0.15, -0.1) is 0 Å². The van der Waals surface area contributed by atoms with E-state index in [9.17, 15) is 20.1 Å². The number of hydrogen-bond acceptors (Lipinski definition) is 6. The fourth-order valence-corrected chi connectivity index (χ4v) is 3.09. The molecule has 0 unspecified atom stereocenters. The van der Waals surface area contributed by atoms with Crippen molar-refractivity contribution in [2.24, 2.45) is 0 Å². The van der Waals surface area contributed by atoms with Crippen LogP contribution >= 0.6 is 0 Å². The Hall–Kier alpha value is -4.18. The molecule has 7 heteroatoms. The molecule has 7 nitrogen and oxygen atoms in total. The molecule has 0 saturated carbocycles. The lowest BCUT2D eigenvalue weighted by molar-refractivity contribution is 0.0697. The van der Waals surface area contributed by atoms with Gasteiger partial charge in [-0.25, -0.2) is 4.79 Å². The van der Waals surface area contributed by atoms with Crippen LogP contribution in [0.25, 0.3) is 0 Å². The van der Waals surface area contributed by atoms with Gasteiger partial charge in [0.1, 0.15) is 0 Å². The largest absolute Gasteiger partial charge is 0.504 e. The fourth-order valence-electron chi connectivity index (χ4n) is 3.09. The minimum absolute atomic E-state index is 0.0386. The number of hydrogen-bond donors (Lipinski definition) is 4. The molecule has 138 valence electrons. The first-order chi connectivity index (χ1) is 13.4. The van der Waals surface area contributed by atoms with E-state index in [4.69, 9.17) is 10.00 Å². The second-order valence-corrected chi connectivity index (χ2v) is 6.37. The van der Waals surface area contributed by atoms with E-state index >= 15 is 0 Å². The number of nitrogens with one attached hydrogen (secondary N) is 1. The van der Waals surface area contributed by atoms with Crippen molar-refractivity contribution in [3.05, 3.63) is 70.8 Å². The number of phenols is 2. The third-order valence-corrected chi connectivity index (χ3v) is 4.44. The van der Waals surface area contributed by atoms with Crippen molar-refractivity contribution >= 4 is 17.3 Å². The zero-order valence-electron chi connectivity index (χ0n) is 14.4. The average Bonchev–Trinajstić information content (AvgIpc) is 2.68. The average molecular weight is 374 g/mol. The number of nitrogens with zero attached hydrogens (tertiary/aromatic N) is 1. The molecule has 0 atom stereocenters. The van der Waals surface area contributed by atoms with Gasteiger partial charge in [0, 0.05) is 6.07 Å². The molecule has 0 spiro atoms. The fraction of sp³-hybridized carbons (Fsp3) is 0.0476. The third kappa shape index (κ3) is 3.04. The summed E-state index contributed by atoms with van der Waals surface area (Å²) in [6.45, 7) is 0. The van der Waals surface area contributed by atoms with Crippen molar-refractivity contribution in [2.75, 3.05) is 5.32 Å². The second-order valence-electron chi connectivity index (χ2n) is 6.37. The molecular weight excluding hydrogens is 360 g/mol. The maximum Gasteiger partial charge on any atom is 0.338 e. The van der Waals surface area contributed by atoms with E-state index < -0.39 is 5.97 Å². The van der Waals surface area contributed by atoms with Gasteiger partial charge in [-0.2, -0.15) is 5.26 Å². The maximum atomic E-state index is 11.5. The minimum atomic E-state index is -1.16. The number of ether oxygens (including phenoxy) is 1. The number of nitriles is 1. The summed E-state index contributed by atoms with van der Waals surface area (Å²) < 4.78 is 5.87. The molecule has 0 bridgehead atoms. The third-order valence-electron chi connectivity index (χ3n) is 4.44. The molecule has 28 heavy (non-hydrogen) atoms. The number of phenolic OH excluding ortho intramolecular Hbond substituents is 2. The monoisotopic (exact) mass is 374 g/mol. The van der Waals surface area contributed by atoms with Gasteiger partial charge in [0.25, 0.3) is 0 Å². The molecule has 0 aromatic heterocycles. The Morgan fingerprint density at radius 1 is 1.00 bits per heavy atom. The smallest absolute Gasteiger partial charge is 0.338 e. The molecule has 3 aromatic carbocycles. The van der Waals surface area contributed by atoms with E-state index in [0.29, 0.717) is 23.5 Å². The molecule has 0 amide bonds. The Balaban J connectivity index is 1.68. The Morgan fingerprint density at radius 3 is 2.46 bits per heavy atom. The molecule has 4 N–H and O–H groups in total. The minimum Gasteiger partial charge on any atom is -0.504 e. The molecular formula is C21H14N2O5. The molecule has 1 heterocycles. The Morgan fingerprint density at radius 2 is 1.75 bits per heavy atom. The molecule has 1 aliphatic rings. The quantitative estimate of drug-likeness (QED) is 0.398. The number of benzene rings is 3. The van der Waals surface area contributed by atoms with Gasteiger partial charge in [0.15, 0.2) is 23.0 Å². The number of carboxylic acid groups (broad SMARTS) is 1. The predicted molar refractivity (Wildman–Crippen MR) is 100 cm³/mol. The van der Waals surface area contributed by atoms with Crippen LogP contribution < -0.4 is 10.1 Å². The van der Waals surface area contributed by atoms with Gasteiger partial charge in [0.05, 0.1) is 28.6 Å². The molecule has 0 radical (unpaired) electrons. The molecule has 1 aliphatic heterocycles. The van der Waals surface area contributed by atoms with Crippen molar-refractivity contribution < 1.29 is 24.9 Å². The first kappa shape index (κ1) is 17.2. The van der Waals surface area contributed by atoms with Crippen molar-refractivity contribution in [1.82, 2.24) is 0 Å². The SMILES string of the molecule is N#Cc1cc2c(c(C(=O)O)c1)Nc1ccc(Cc3ccc(O)c(O)c3)cc1O2. The van der Waals surface area contributed by atoms with Crippen LogP contribution in [-0.4, -0.2) is 21.3 Å².